The van der Waals surface area contributed by atoms with Gasteiger partial charge in [0, 0.05) is 6.07 Å². The van der Waals surface area contributed by atoms with Gasteiger partial charge >= 0.3 is 0 Å². The normalized spacial score (nSPS) is 10.0. The Bertz CT molecular complexity index is 641. The molecule has 0 bridgehead atoms. The molecule has 0 radical (unpaired) electrons. The smallest absolute Gasteiger partial charge is 0.228 e. The number of hydrogen-bond acceptors (Lipinski definition) is 4. The topological polar surface area (TPSA) is 73.6 Å². The summed E-state index contributed by atoms with van der Waals surface area (Å²) >= 11 is 0. The van der Waals surface area contributed by atoms with E-state index in [-0.39, 0.29) is 12.3 Å². The van der Waals surface area contributed by atoms with Gasteiger partial charge in [0.25, 0.3) is 0 Å². The van der Waals surface area contributed by atoms with E-state index < -0.39 is 0 Å². The molecular weight excluding hydrogens is 268 g/mol. The molecule has 21 heavy (non-hydrogen) atoms. The molecule has 0 fully saturated rings. The van der Waals surface area contributed by atoms with Gasteiger partial charge in [0.05, 0.1) is 32.0 Å². The Morgan fingerprint density at radius 2 is 1.81 bits per heavy atom. The minimum atomic E-state index is -0.150. The summed E-state index contributed by atoms with van der Waals surface area (Å²) in [6.07, 6.45) is 0.244. The minimum absolute atomic E-state index is 0.150. The molecule has 0 aliphatic heterocycles. The highest BCUT2D eigenvalue weighted by atomic mass is 16.5. The molecule has 0 saturated heterocycles. The Balaban J connectivity index is 2.07. The summed E-state index contributed by atoms with van der Waals surface area (Å²) in [7, 11) is 3.16. The maximum atomic E-state index is 12.1. The fourth-order valence-electron chi connectivity index (χ4n) is 1.93. The van der Waals surface area contributed by atoms with Crippen LogP contribution in [-0.4, -0.2) is 20.1 Å². The summed E-state index contributed by atoms with van der Waals surface area (Å²) in [6.45, 7) is 0. The van der Waals surface area contributed by atoms with Gasteiger partial charge in [-0.2, -0.15) is 0 Å². The van der Waals surface area contributed by atoms with Gasteiger partial charge < -0.3 is 20.5 Å². The fourth-order valence-corrected chi connectivity index (χ4v) is 1.93. The van der Waals surface area contributed by atoms with Crippen LogP contribution < -0.4 is 20.5 Å². The van der Waals surface area contributed by atoms with Crippen LogP contribution in [-0.2, 0) is 11.2 Å². The van der Waals surface area contributed by atoms with E-state index in [0.29, 0.717) is 17.1 Å². The Morgan fingerprint density at radius 1 is 1.10 bits per heavy atom. The SMILES string of the molecule is COc1cccc(CC(=O)Nc2cc(OC)ccc2N)c1. The van der Waals surface area contributed by atoms with E-state index >= 15 is 0 Å². The summed E-state index contributed by atoms with van der Waals surface area (Å²) in [5.74, 6) is 1.21. The second kappa shape index (κ2) is 6.65. The van der Waals surface area contributed by atoms with E-state index in [2.05, 4.69) is 5.32 Å². The van der Waals surface area contributed by atoms with E-state index in [4.69, 9.17) is 15.2 Å². The lowest BCUT2D eigenvalue weighted by molar-refractivity contribution is -0.115. The molecule has 0 aliphatic rings. The van der Waals surface area contributed by atoms with Crippen LogP contribution in [0.5, 0.6) is 11.5 Å². The monoisotopic (exact) mass is 286 g/mol. The number of nitrogens with one attached hydrogen (secondary N) is 1. The fraction of sp³-hybridized carbons (Fsp3) is 0.188. The number of carbonyl (C=O) groups is 1. The lowest BCUT2D eigenvalue weighted by Crippen LogP contribution is -2.15. The molecule has 0 saturated carbocycles. The highest BCUT2D eigenvalue weighted by Gasteiger charge is 2.08. The van der Waals surface area contributed by atoms with Crippen LogP contribution in [0.2, 0.25) is 0 Å². The number of methoxy groups -OCH3 is 2. The van der Waals surface area contributed by atoms with E-state index in [1.54, 1.807) is 32.4 Å². The van der Waals surface area contributed by atoms with Gasteiger partial charge in [0.15, 0.2) is 0 Å². The predicted molar refractivity (Wildman–Crippen MR) is 82.7 cm³/mol. The molecule has 2 aromatic carbocycles. The first-order valence-electron chi connectivity index (χ1n) is 6.48. The number of ether oxygens (including phenoxy) is 2. The van der Waals surface area contributed by atoms with Crippen molar-refractivity contribution in [3.8, 4) is 11.5 Å². The first-order chi connectivity index (χ1) is 10.1. The molecule has 0 heterocycles. The van der Waals surface area contributed by atoms with Gasteiger partial charge in [0.2, 0.25) is 5.91 Å². The molecule has 0 unspecified atom stereocenters. The maximum Gasteiger partial charge on any atom is 0.228 e. The first-order valence-corrected chi connectivity index (χ1v) is 6.48. The summed E-state index contributed by atoms with van der Waals surface area (Å²) in [5, 5.41) is 2.79. The molecule has 5 heteroatoms. The van der Waals surface area contributed by atoms with Gasteiger partial charge in [-0.15, -0.1) is 0 Å². The second-order valence-corrected chi connectivity index (χ2v) is 4.53. The number of benzene rings is 2. The Hall–Kier alpha value is -2.69. The van der Waals surface area contributed by atoms with Crippen molar-refractivity contribution in [2.45, 2.75) is 6.42 Å². The van der Waals surface area contributed by atoms with Crippen LogP contribution in [0.25, 0.3) is 0 Å². The number of rotatable bonds is 5. The Kier molecular flexibility index (Phi) is 4.66. The van der Waals surface area contributed by atoms with E-state index in [9.17, 15) is 4.79 Å². The third-order valence-corrected chi connectivity index (χ3v) is 3.03. The zero-order chi connectivity index (χ0) is 15.2. The lowest BCUT2D eigenvalue weighted by atomic mass is 10.1. The van der Waals surface area contributed by atoms with E-state index in [1.807, 2.05) is 24.3 Å². The van der Waals surface area contributed by atoms with E-state index in [1.165, 1.54) is 0 Å². The molecule has 3 N–H and O–H groups in total. The molecule has 1 amide bonds. The maximum absolute atomic E-state index is 12.1. The van der Waals surface area contributed by atoms with Crippen LogP contribution in [0.3, 0.4) is 0 Å². The highest BCUT2D eigenvalue weighted by molar-refractivity contribution is 5.95. The van der Waals surface area contributed by atoms with Crippen molar-refractivity contribution >= 4 is 17.3 Å². The molecule has 0 aliphatic carbocycles. The molecular formula is C16H18N2O3. The number of nitrogens with two attached hydrogens (primary N) is 1. The zero-order valence-corrected chi connectivity index (χ0v) is 12.1. The Morgan fingerprint density at radius 3 is 2.52 bits per heavy atom. The lowest BCUT2D eigenvalue weighted by Gasteiger charge is -2.10. The number of amides is 1. The van der Waals surface area contributed by atoms with Gasteiger partial charge in [-0.3, -0.25) is 4.79 Å². The third-order valence-electron chi connectivity index (χ3n) is 3.03. The molecule has 2 rings (SSSR count). The summed E-state index contributed by atoms with van der Waals surface area (Å²) in [5.41, 5.74) is 7.75. The molecule has 2 aromatic rings. The van der Waals surface area contributed by atoms with Crippen LogP contribution in [0.15, 0.2) is 42.5 Å². The molecule has 5 nitrogen and oxygen atoms in total. The van der Waals surface area contributed by atoms with Gasteiger partial charge in [-0.25, -0.2) is 0 Å². The third kappa shape index (κ3) is 3.89. The number of anilines is 2. The van der Waals surface area contributed by atoms with Crippen molar-refractivity contribution < 1.29 is 14.3 Å². The van der Waals surface area contributed by atoms with Crippen molar-refractivity contribution in [2.24, 2.45) is 0 Å². The quantitative estimate of drug-likeness (QED) is 0.828. The van der Waals surface area contributed by atoms with Gasteiger partial charge in [-0.05, 0) is 29.8 Å². The van der Waals surface area contributed by atoms with Crippen molar-refractivity contribution in [3.63, 3.8) is 0 Å². The van der Waals surface area contributed by atoms with Crippen molar-refractivity contribution in [1.82, 2.24) is 0 Å². The number of nitrogen functional groups attached to an aromatic ring is 1. The minimum Gasteiger partial charge on any atom is -0.497 e. The standard InChI is InChI=1S/C16H18N2O3/c1-20-12-5-3-4-11(8-12)9-16(19)18-15-10-13(21-2)6-7-14(15)17/h3-8,10H,9,17H2,1-2H3,(H,18,19). The zero-order valence-electron chi connectivity index (χ0n) is 12.1. The van der Waals surface area contributed by atoms with Crippen LogP contribution in [0, 0.1) is 0 Å². The highest BCUT2D eigenvalue weighted by Crippen LogP contribution is 2.24. The van der Waals surface area contributed by atoms with Crippen molar-refractivity contribution in [3.05, 3.63) is 48.0 Å². The Labute approximate surface area is 123 Å². The second-order valence-electron chi connectivity index (χ2n) is 4.53. The summed E-state index contributed by atoms with van der Waals surface area (Å²) in [6, 6.07) is 12.5. The summed E-state index contributed by atoms with van der Waals surface area (Å²) < 4.78 is 10.3. The average Bonchev–Trinajstić information content (AvgIpc) is 2.49. The van der Waals surface area contributed by atoms with Crippen LogP contribution in [0.1, 0.15) is 5.56 Å². The van der Waals surface area contributed by atoms with Gasteiger partial charge in [-0.1, -0.05) is 12.1 Å². The molecule has 0 aromatic heterocycles. The van der Waals surface area contributed by atoms with Crippen LogP contribution >= 0.6 is 0 Å². The van der Waals surface area contributed by atoms with Crippen LogP contribution in [0.4, 0.5) is 11.4 Å². The van der Waals surface area contributed by atoms with Crippen molar-refractivity contribution in [1.29, 1.82) is 0 Å². The van der Waals surface area contributed by atoms with E-state index in [0.717, 1.165) is 11.3 Å². The average molecular weight is 286 g/mol. The molecule has 0 atom stereocenters. The number of carbonyl (C=O) groups excluding carboxylic acids is 1. The largest absolute Gasteiger partial charge is 0.497 e. The first kappa shape index (κ1) is 14.7. The number of hydrogen-bond donors (Lipinski definition) is 2. The van der Waals surface area contributed by atoms with Gasteiger partial charge in [0.1, 0.15) is 11.5 Å². The van der Waals surface area contributed by atoms with Crippen molar-refractivity contribution in [2.75, 3.05) is 25.3 Å². The molecule has 0 spiro atoms. The summed E-state index contributed by atoms with van der Waals surface area (Å²) in [4.78, 5) is 12.1. The predicted octanol–water partition coefficient (Wildman–Crippen LogP) is 2.47. The molecule has 110 valence electrons.